The Kier molecular flexibility index (Phi) is 11.6. The number of hydrogen-bond acceptors (Lipinski definition) is 6. The maximum absolute atomic E-state index is 10.7. The number of aliphatic hydroxyl groups is 1. The van der Waals surface area contributed by atoms with Gasteiger partial charge in [-0.3, -0.25) is 4.79 Å². The molecule has 0 heterocycles. The van der Waals surface area contributed by atoms with Crippen LogP contribution in [0.4, 0.5) is 0 Å². The number of rotatable bonds is 12. The summed E-state index contributed by atoms with van der Waals surface area (Å²) in [6.45, 7) is 2.11. The van der Waals surface area contributed by atoms with Crippen molar-refractivity contribution in [2.45, 2.75) is 33.1 Å². The number of hydrogen-bond donors (Lipinski definition) is 2. The summed E-state index contributed by atoms with van der Waals surface area (Å²) in [6, 6.07) is 0. The van der Waals surface area contributed by atoms with Crippen molar-refractivity contribution in [1.82, 2.24) is 5.32 Å². The highest BCUT2D eigenvalue weighted by molar-refractivity contribution is 8.07. The Bertz CT molecular complexity index is 316. The number of nitrogens with one attached hydrogen (secondary N) is 1. The summed E-state index contributed by atoms with van der Waals surface area (Å²) in [5.41, 5.74) is 0. The third kappa shape index (κ3) is 9.80. The fourth-order valence-electron chi connectivity index (χ4n) is 1.55. The second-order valence-electron chi connectivity index (χ2n) is 4.37. The van der Waals surface area contributed by atoms with Crippen molar-refractivity contribution < 1.29 is 23.5 Å². The molecule has 0 saturated heterocycles. The summed E-state index contributed by atoms with van der Waals surface area (Å²) in [4.78, 5) is 10.7. The fourth-order valence-corrected chi connectivity index (χ4v) is 3.04. The maximum atomic E-state index is 10.7. The number of amides is 1. The molecule has 0 aliphatic rings. The monoisotopic (exact) mass is 327 g/mol. The normalized spacial score (nSPS) is 15.6. The number of carbonyl (C=O) groups excluding carboxylic acids is 1. The smallest absolute Gasteiger partial charge is 0.326 e. The third-order valence-electron chi connectivity index (χ3n) is 2.65. The summed E-state index contributed by atoms with van der Waals surface area (Å²) in [6.07, 6.45) is 2.58. The summed E-state index contributed by atoms with van der Waals surface area (Å²) in [5, 5.41) is 12.1. The van der Waals surface area contributed by atoms with Gasteiger partial charge in [0.25, 0.3) is 0 Å². The zero-order valence-electron chi connectivity index (χ0n) is 12.5. The van der Waals surface area contributed by atoms with Crippen molar-refractivity contribution in [3.63, 3.8) is 0 Å². The van der Waals surface area contributed by atoms with E-state index >= 15 is 0 Å². The summed E-state index contributed by atoms with van der Waals surface area (Å²) in [7, 11) is 1.47. The van der Waals surface area contributed by atoms with E-state index in [1.165, 1.54) is 14.0 Å². The molecule has 1 amide bonds. The van der Waals surface area contributed by atoms with Gasteiger partial charge in [-0.15, -0.1) is 0 Å². The van der Waals surface area contributed by atoms with Crippen molar-refractivity contribution in [1.29, 1.82) is 0 Å². The second kappa shape index (κ2) is 11.6. The van der Waals surface area contributed by atoms with Crippen molar-refractivity contribution in [3.05, 3.63) is 0 Å². The van der Waals surface area contributed by atoms with E-state index in [1.54, 1.807) is 0 Å². The first-order chi connectivity index (χ1) is 9.47. The van der Waals surface area contributed by atoms with E-state index in [4.69, 9.17) is 25.4 Å². The first-order valence-electron chi connectivity index (χ1n) is 6.77. The summed E-state index contributed by atoms with van der Waals surface area (Å²) < 4.78 is 15.9. The van der Waals surface area contributed by atoms with Crippen LogP contribution in [0.25, 0.3) is 0 Å². The molecule has 2 N–H and O–H groups in total. The van der Waals surface area contributed by atoms with Crippen molar-refractivity contribution in [2.24, 2.45) is 5.92 Å². The SMILES string of the molecule is CCOP(=S)(OC)OCC(CO)CCCCNC(C)=O. The molecule has 20 heavy (non-hydrogen) atoms. The minimum Gasteiger partial charge on any atom is -0.396 e. The van der Waals surface area contributed by atoms with Gasteiger partial charge in [0.1, 0.15) is 0 Å². The van der Waals surface area contributed by atoms with Crippen LogP contribution >= 0.6 is 6.72 Å². The van der Waals surface area contributed by atoms with Crippen LogP contribution < -0.4 is 5.32 Å². The van der Waals surface area contributed by atoms with Crippen LogP contribution in [0.5, 0.6) is 0 Å². The van der Waals surface area contributed by atoms with Gasteiger partial charge in [-0.1, -0.05) is 6.42 Å². The van der Waals surface area contributed by atoms with E-state index in [2.05, 4.69) is 5.32 Å². The van der Waals surface area contributed by atoms with Gasteiger partial charge in [0.05, 0.1) is 13.2 Å². The first-order valence-corrected chi connectivity index (χ1v) is 9.33. The molecular weight excluding hydrogens is 301 g/mol. The van der Waals surface area contributed by atoms with Gasteiger partial charge < -0.3 is 24.0 Å². The largest absolute Gasteiger partial charge is 0.396 e. The van der Waals surface area contributed by atoms with Crippen molar-refractivity contribution >= 4 is 24.4 Å². The lowest BCUT2D eigenvalue weighted by Gasteiger charge is -2.22. The van der Waals surface area contributed by atoms with Gasteiger partial charge in [-0.2, -0.15) is 0 Å². The van der Waals surface area contributed by atoms with Gasteiger partial charge in [-0.05, 0) is 31.6 Å². The standard InChI is InChI=1S/C12H26NO5PS/c1-4-17-19(20,16-3)18-10-12(9-14)7-5-6-8-13-11(2)15/h12,14H,4-10H2,1-3H3,(H,13,15). The van der Waals surface area contributed by atoms with Crippen molar-refractivity contribution in [3.8, 4) is 0 Å². The van der Waals surface area contributed by atoms with E-state index in [0.29, 0.717) is 19.8 Å². The second-order valence-corrected chi connectivity index (χ2v) is 7.49. The van der Waals surface area contributed by atoms with Crippen LogP contribution in [0.3, 0.4) is 0 Å². The van der Waals surface area contributed by atoms with E-state index in [-0.39, 0.29) is 18.4 Å². The Balaban J connectivity index is 3.91. The minimum atomic E-state index is -2.66. The molecule has 8 heteroatoms. The zero-order chi connectivity index (χ0) is 15.4. The highest BCUT2D eigenvalue weighted by Gasteiger charge is 2.20. The Labute approximate surface area is 126 Å². The predicted molar refractivity (Wildman–Crippen MR) is 82.0 cm³/mol. The fraction of sp³-hybridized carbons (Fsp3) is 0.917. The lowest BCUT2D eigenvalue weighted by atomic mass is 10.0. The van der Waals surface area contributed by atoms with Gasteiger partial charge >= 0.3 is 6.72 Å². The van der Waals surface area contributed by atoms with E-state index in [0.717, 1.165) is 19.3 Å². The van der Waals surface area contributed by atoms with Crippen LogP contribution in [0.1, 0.15) is 33.1 Å². The highest BCUT2D eigenvalue weighted by atomic mass is 32.5. The Morgan fingerprint density at radius 2 is 2.10 bits per heavy atom. The predicted octanol–water partition coefficient (Wildman–Crippen LogP) is 1.83. The molecule has 0 aromatic heterocycles. The van der Waals surface area contributed by atoms with Crippen LogP contribution in [-0.2, 0) is 30.2 Å². The molecule has 120 valence electrons. The molecular formula is C12H26NO5PS. The minimum absolute atomic E-state index is 0.00487. The van der Waals surface area contributed by atoms with Gasteiger partial charge in [-0.25, -0.2) is 0 Å². The van der Waals surface area contributed by atoms with Crippen LogP contribution in [0.2, 0.25) is 0 Å². The summed E-state index contributed by atoms with van der Waals surface area (Å²) >= 11 is 5.17. The maximum Gasteiger partial charge on any atom is 0.326 e. The van der Waals surface area contributed by atoms with Crippen LogP contribution in [0, 0.1) is 5.92 Å². The summed E-state index contributed by atoms with van der Waals surface area (Å²) in [5.74, 6) is -0.0187. The van der Waals surface area contributed by atoms with Gasteiger partial charge in [0, 0.05) is 33.1 Å². The Morgan fingerprint density at radius 3 is 2.60 bits per heavy atom. The molecule has 2 unspecified atom stereocenters. The lowest BCUT2D eigenvalue weighted by molar-refractivity contribution is -0.118. The molecule has 0 aliphatic carbocycles. The molecule has 0 radical (unpaired) electrons. The number of carbonyl (C=O) groups is 1. The van der Waals surface area contributed by atoms with E-state index in [1.807, 2.05) is 6.92 Å². The average molecular weight is 327 g/mol. The molecule has 6 nitrogen and oxygen atoms in total. The lowest BCUT2D eigenvalue weighted by Crippen LogP contribution is -2.21. The molecule has 0 aliphatic heterocycles. The van der Waals surface area contributed by atoms with E-state index in [9.17, 15) is 9.90 Å². The Morgan fingerprint density at radius 1 is 1.40 bits per heavy atom. The van der Waals surface area contributed by atoms with Crippen LogP contribution in [-0.4, -0.2) is 44.5 Å². The molecule has 0 aromatic rings. The van der Waals surface area contributed by atoms with Gasteiger partial charge in [0.2, 0.25) is 5.91 Å². The molecule has 2 atom stereocenters. The molecule has 0 aromatic carbocycles. The molecule has 0 spiro atoms. The average Bonchev–Trinajstić information content (AvgIpc) is 2.41. The first kappa shape index (κ1) is 20.0. The quantitative estimate of drug-likeness (QED) is 0.421. The number of unbranched alkanes of at least 4 members (excludes halogenated alkanes) is 1. The third-order valence-corrected chi connectivity index (χ3v) is 5.22. The Hall–Kier alpha value is -0.0400. The topological polar surface area (TPSA) is 77.0 Å². The molecule has 0 fully saturated rings. The zero-order valence-corrected chi connectivity index (χ0v) is 14.2. The van der Waals surface area contributed by atoms with Crippen LogP contribution in [0.15, 0.2) is 0 Å². The highest BCUT2D eigenvalue weighted by Crippen LogP contribution is 2.49. The molecule has 0 rings (SSSR count). The molecule has 0 saturated carbocycles. The number of aliphatic hydroxyl groups excluding tert-OH is 1. The van der Waals surface area contributed by atoms with Gasteiger partial charge in [0.15, 0.2) is 0 Å². The molecule has 0 bridgehead atoms. The van der Waals surface area contributed by atoms with Crippen molar-refractivity contribution in [2.75, 3.05) is 33.5 Å². The van der Waals surface area contributed by atoms with E-state index < -0.39 is 6.72 Å².